The largest absolute Gasteiger partial charge is 0.178 e. The minimum Gasteiger partial charge on any atom is -0.117 e. The molecule has 92 valence electrons. The summed E-state index contributed by atoms with van der Waals surface area (Å²) in [6.07, 6.45) is 0. The monoisotopic (exact) mass is 400 g/mol. The van der Waals surface area contributed by atoms with Crippen molar-refractivity contribution in [1.82, 2.24) is 0 Å². The molecule has 2 rings (SSSR count). The van der Waals surface area contributed by atoms with Crippen LogP contribution in [0.4, 0.5) is 0 Å². The second-order valence-corrected chi connectivity index (χ2v) is 8.63. The number of alkyl halides is 7. The summed E-state index contributed by atoms with van der Waals surface area (Å²) < 4.78 is -3.46. The number of hydrogen-bond donors (Lipinski definition) is 0. The van der Waals surface area contributed by atoms with E-state index in [-0.39, 0.29) is 10.1 Å². The quantitative estimate of drug-likeness (QED) is 0.461. The number of fused-ring (bicyclic) bond motifs is 1. The Labute approximate surface area is 137 Å². The van der Waals surface area contributed by atoms with E-state index in [2.05, 4.69) is 0 Å². The third-order valence-corrected chi connectivity index (χ3v) is 9.19. The molecule has 0 heterocycles. The molecule has 0 nitrogen and oxygen atoms in total. The molecule has 0 radical (unpaired) electrons. The molecule has 9 heteroatoms. The molecule has 0 aliphatic heterocycles. The van der Waals surface area contributed by atoms with Crippen molar-refractivity contribution >= 4 is 104 Å². The van der Waals surface area contributed by atoms with Crippen molar-refractivity contribution in [3.05, 3.63) is 10.1 Å². The van der Waals surface area contributed by atoms with Crippen LogP contribution in [-0.2, 0) is 0 Å². The zero-order valence-corrected chi connectivity index (χ0v) is 13.8. The molecule has 1 fully saturated rings. The van der Waals surface area contributed by atoms with Crippen LogP contribution in [-0.4, -0.2) is 23.8 Å². The Kier molecular flexibility index (Phi) is 3.42. The van der Waals surface area contributed by atoms with Gasteiger partial charge in [0.25, 0.3) is 0 Å². The minimum atomic E-state index is -1.80. The Balaban J connectivity index is 2.71. The molecule has 0 amide bonds. The Bertz CT molecular complexity index is 399. The van der Waals surface area contributed by atoms with Gasteiger partial charge in [0.2, 0.25) is 0 Å². The zero-order valence-electron chi connectivity index (χ0n) is 6.98. The number of halogens is 9. The van der Waals surface area contributed by atoms with Crippen LogP contribution in [0.15, 0.2) is 10.1 Å². The summed E-state index contributed by atoms with van der Waals surface area (Å²) in [6, 6.07) is 0. The highest BCUT2D eigenvalue weighted by molar-refractivity contribution is 6.73. The summed E-state index contributed by atoms with van der Waals surface area (Å²) in [6.45, 7) is 0. The van der Waals surface area contributed by atoms with Gasteiger partial charge in [-0.2, -0.15) is 0 Å². The highest BCUT2D eigenvalue weighted by Gasteiger charge is 2.90. The van der Waals surface area contributed by atoms with Gasteiger partial charge >= 0.3 is 0 Å². The van der Waals surface area contributed by atoms with Gasteiger partial charge in [-0.3, -0.25) is 0 Å². The lowest BCUT2D eigenvalue weighted by molar-refractivity contribution is 0.282. The standard InChI is InChI=1S/C7HCl9/c8-1-2(9)5(12,13)7(16)4(1,11)3(10)6(7,14)15/h3H. The van der Waals surface area contributed by atoms with E-state index in [0.717, 1.165) is 0 Å². The Morgan fingerprint density at radius 1 is 0.812 bits per heavy atom. The summed E-state index contributed by atoms with van der Waals surface area (Å²) in [5, 5.41) is -1.12. The van der Waals surface area contributed by atoms with Crippen molar-refractivity contribution in [3.8, 4) is 0 Å². The van der Waals surface area contributed by atoms with Gasteiger partial charge in [-0.1, -0.05) is 69.6 Å². The van der Waals surface area contributed by atoms with Gasteiger partial charge in [-0.05, 0) is 0 Å². The molecule has 16 heavy (non-hydrogen) atoms. The third-order valence-electron chi connectivity index (χ3n) is 2.85. The molecule has 1 saturated carbocycles. The molecular formula is C7HCl9. The SMILES string of the molecule is ClC1=C(Cl)C2(Cl)C(Cl)C(Cl)(Cl)C2(Cl)C1(Cl)Cl. The minimum absolute atomic E-state index is 0.0345. The normalized spacial score (nSPS) is 48.9. The lowest BCUT2D eigenvalue weighted by Crippen LogP contribution is -2.80. The van der Waals surface area contributed by atoms with Crippen LogP contribution in [0.5, 0.6) is 0 Å². The number of allylic oxidation sites excluding steroid dienone is 2. The van der Waals surface area contributed by atoms with E-state index < -0.39 is 23.8 Å². The topological polar surface area (TPSA) is 0 Å². The maximum absolute atomic E-state index is 6.26. The van der Waals surface area contributed by atoms with E-state index in [9.17, 15) is 0 Å². The van der Waals surface area contributed by atoms with Crippen LogP contribution in [0.25, 0.3) is 0 Å². The van der Waals surface area contributed by atoms with Gasteiger partial charge < -0.3 is 0 Å². The van der Waals surface area contributed by atoms with Crippen LogP contribution >= 0.6 is 104 Å². The van der Waals surface area contributed by atoms with Gasteiger partial charge in [0, 0.05) is 0 Å². The van der Waals surface area contributed by atoms with Crippen molar-refractivity contribution in [3.63, 3.8) is 0 Å². The van der Waals surface area contributed by atoms with E-state index in [1.54, 1.807) is 0 Å². The second kappa shape index (κ2) is 3.71. The lowest BCUT2D eigenvalue weighted by atomic mass is 9.71. The van der Waals surface area contributed by atoms with E-state index in [1.807, 2.05) is 0 Å². The summed E-state index contributed by atoms with van der Waals surface area (Å²) in [5.74, 6) is 0. The molecule has 2 aliphatic rings. The summed E-state index contributed by atoms with van der Waals surface area (Å²) in [5.41, 5.74) is 0. The summed E-state index contributed by atoms with van der Waals surface area (Å²) in [4.78, 5) is -3.18. The van der Waals surface area contributed by atoms with E-state index in [1.165, 1.54) is 0 Å². The molecule has 3 atom stereocenters. The van der Waals surface area contributed by atoms with Crippen molar-refractivity contribution < 1.29 is 0 Å². The first-order chi connectivity index (χ1) is 6.97. The average molecular weight is 404 g/mol. The zero-order chi connectivity index (χ0) is 12.7. The molecule has 0 aromatic heterocycles. The first-order valence-corrected chi connectivity index (χ1v) is 7.27. The Hall–Kier alpha value is 2.35. The first-order valence-electron chi connectivity index (χ1n) is 3.81. The van der Waals surface area contributed by atoms with Crippen LogP contribution < -0.4 is 0 Å². The predicted molar refractivity (Wildman–Crippen MR) is 74.4 cm³/mol. The molecule has 0 spiro atoms. The Morgan fingerprint density at radius 2 is 1.25 bits per heavy atom. The van der Waals surface area contributed by atoms with Gasteiger partial charge in [0.05, 0.1) is 15.4 Å². The number of hydrogen-bond acceptors (Lipinski definition) is 0. The maximum atomic E-state index is 6.26. The highest BCUT2D eigenvalue weighted by Crippen LogP contribution is 2.80. The molecular weight excluding hydrogens is 403 g/mol. The number of rotatable bonds is 0. The van der Waals surface area contributed by atoms with Crippen LogP contribution in [0.2, 0.25) is 0 Å². The van der Waals surface area contributed by atoms with Gasteiger partial charge in [-0.25, -0.2) is 0 Å². The molecule has 0 saturated heterocycles. The highest BCUT2D eigenvalue weighted by atomic mass is 35.5. The third kappa shape index (κ3) is 1.17. The second-order valence-electron chi connectivity index (χ2n) is 3.56. The molecule has 2 aliphatic carbocycles. The molecule has 0 bridgehead atoms. The van der Waals surface area contributed by atoms with Crippen LogP contribution in [0.3, 0.4) is 0 Å². The molecule has 0 aromatic carbocycles. The van der Waals surface area contributed by atoms with E-state index in [4.69, 9.17) is 104 Å². The van der Waals surface area contributed by atoms with Crippen LogP contribution in [0.1, 0.15) is 0 Å². The maximum Gasteiger partial charge on any atom is 0.178 e. The van der Waals surface area contributed by atoms with E-state index >= 15 is 0 Å². The molecule has 0 N–H and O–H groups in total. The van der Waals surface area contributed by atoms with Crippen molar-refractivity contribution in [2.75, 3.05) is 0 Å². The summed E-state index contributed by atoms with van der Waals surface area (Å²) >= 11 is 54.4. The van der Waals surface area contributed by atoms with Gasteiger partial charge in [0.15, 0.2) is 8.67 Å². The van der Waals surface area contributed by atoms with Crippen molar-refractivity contribution in [2.45, 2.75) is 23.8 Å². The van der Waals surface area contributed by atoms with Gasteiger partial charge in [-0.15, -0.1) is 34.8 Å². The lowest BCUT2D eigenvalue weighted by Gasteiger charge is -2.62. The molecule has 0 aromatic rings. The predicted octanol–water partition coefficient (Wildman–Crippen LogP) is 5.61. The van der Waals surface area contributed by atoms with Crippen LogP contribution in [0, 0.1) is 0 Å². The average Bonchev–Trinajstić information content (AvgIpc) is 2.30. The summed E-state index contributed by atoms with van der Waals surface area (Å²) in [7, 11) is 0. The molecule has 3 unspecified atom stereocenters. The van der Waals surface area contributed by atoms with Crippen molar-refractivity contribution in [2.24, 2.45) is 0 Å². The van der Waals surface area contributed by atoms with E-state index in [0.29, 0.717) is 0 Å². The van der Waals surface area contributed by atoms with Gasteiger partial charge in [0.1, 0.15) is 9.75 Å². The fourth-order valence-electron chi connectivity index (χ4n) is 1.91. The Morgan fingerprint density at radius 3 is 1.62 bits per heavy atom. The fraction of sp³-hybridized carbons (Fsp3) is 0.714. The smallest absolute Gasteiger partial charge is 0.117 e. The first kappa shape index (κ1) is 14.8. The fourth-order valence-corrected chi connectivity index (χ4v) is 6.59. The van der Waals surface area contributed by atoms with Crippen molar-refractivity contribution in [1.29, 1.82) is 0 Å².